The van der Waals surface area contributed by atoms with Gasteiger partial charge in [0.05, 0.1) is 0 Å². The van der Waals surface area contributed by atoms with Crippen molar-refractivity contribution in [3.05, 3.63) is 157 Å². The summed E-state index contributed by atoms with van der Waals surface area (Å²) in [5, 5.41) is 0. The molecule has 0 nitrogen and oxygen atoms in total. The Hall–Kier alpha value is -2.97. The molecule has 0 aliphatic heterocycles. The fraction of sp³-hybridized carbons (Fsp3) is 0.0556. The molecule has 0 aliphatic rings. The van der Waals surface area contributed by atoms with Gasteiger partial charge in [-0.25, -0.2) is 0 Å². The number of aryl methyl sites for hydroxylation is 2. The van der Waals surface area contributed by atoms with Crippen LogP contribution in [-0.2, 0) is 25.8 Å². The van der Waals surface area contributed by atoms with Crippen LogP contribution in [0.5, 0.6) is 0 Å². The van der Waals surface area contributed by atoms with Gasteiger partial charge in [0.2, 0.25) is 0 Å². The molecular weight excluding hydrogens is 682 g/mol. The number of halogens is 2. The van der Waals surface area contributed by atoms with E-state index in [1.54, 1.807) is 0 Å². The van der Waals surface area contributed by atoms with Gasteiger partial charge in [0, 0.05) is 0 Å². The molecule has 192 valence electrons. The van der Waals surface area contributed by atoms with Crippen molar-refractivity contribution in [2.75, 3.05) is 0 Å². The summed E-state index contributed by atoms with van der Waals surface area (Å²) in [5.41, 5.74) is 13.0. The van der Waals surface area contributed by atoms with Crippen LogP contribution in [-0.4, -0.2) is 0 Å². The first-order valence-corrected chi connectivity index (χ1v) is 12.5. The van der Waals surface area contributed by atoms with Gasteiger partial charge in [-0.1, -0.05) is 157 Å². The molecule has 0 N–H and O–H groups in total. The maximum Gasteiger partial charge on any atom is 4.00 e. The predicted octanol–water partition coefficient (Wildman–Crippen LogP) is 4.10. The van der Waals surface area contributed by atoms with Crippen LogP contribution in [0.15, 0.2) is 146 Å². The molecule has 0 aromatic heterocycles. The minimum absolute atomic E-state index is 0. The number of rotatable bonds is 4. The van der Waals surface area contributed by atoms with E-state index in [0.29, 0.717) is 0 Å². The van der Waals surface area contributed by atoms with Gasteiger partial charge >= 0.3 is 25.8 Å². The topological polar surface area (TPSA) is 0 Å². The molecule has 0 saturated carbocycles. The van der Waals surface area contributed by atoms with Gasteiger partial charge in [-0.3, -0.25) is 0 Å². The van der Waals surface area contributed by atoms with E-state index < -0.39 is 0 Å². The summed E-state index contributed by atoms with van der Waals surface area (Å²) in [5.74, 6) is 0. The zero-order valence-electron chi connectivity index (χ0n) is 22.1. The maximum atomic E-state index is 2.26. The monoisotopic (exact) mass is 712 g/mol. The van der Waals surface area contributed by atoms with Crippen LogP contribution in [0.25, 0.3) is 44.5 Å². The molecule has 0 amide bonds. The van der Waals surface area contributed by atoms with E-state index in [4.69, 9.17) is 0 Å². The van der Waals surface area contributed by atoms with Crippen molar-refractivity contribution in [3.8, 4) is 44.5 Å². The van der Waals surface area contributed by atoms with E-state index >= 15 is 0 Å². The van der Waals surface area contributed by atoms with Crippen molar-refractivity contribution >= 4 is 0 Å². The first-order chi connectivity index (χ1) is 17.7. The summed E-state index contributed by atoms with van der Waals surface area (Å²) in [6, 6.07) is 51.3. The normalized spacial score (nSPS) is 9.69. The van der Waals surface area contributed by atoms with Crippen LogP contribution in [0.1, 0.15) is 11.1 Å². The second-order valence-electron chi connectivity index (χ2n) is 9.18. The van der Waals surface area contributed by atoms with Gasteiger partial charge in [-0.05, 0) is 0 Å². The van der Waals surface area contributed by atoms with Gasteiger partial charge in [-0.15, -0.1) is 0 Å². The second-order valence-corrected chi connectivity index (χ2v) is 9.18. The third kappa shape index (κ3) is 8.02. The second kappa shape index (κ2) is 15.6. The van der Waals surface area contributed by atoms with Crippen LogP contribution >= 0.6 is 0 Å². The minimum atomic E-state index is 0. The largest absolute Gasteiger partial charge is 4.00 e. The fourth-order valence-corrected chi connectivity index (χ4v) is 4.73. The van der Waals surface area contributed by atoms with Crippen molar-refractivity contribution < 1.29 is 50.7 Å². The van der Waals surface area contributed by atoms with Crippen molar-refractivity contribution in [1.82, 2.24) is 0 Å². The van der Waals surface area contributed by atoms with Gasteiger partial charge in [0.1, 0.15) is 0 Å². The molecule has 6 rings (SSSR count). The summed E-state index contributed by atoms with van der Waals surface area (Å²) in [4.78, 5) is 0. The van der Waals surface area contributed by atoms with Crippen molar-refractivity contribution in [2.45, 2.75) is 13.8 Å². The summed E-state index contributed by atoms with van der Waals surface area (Å²) in [7, 11) is 0. The van der Waals surface area contributed by atoms with E-state index in [-0.39, 0.29) is 50.7 Å². The molecule has 0 radical (unpaired) electrons. The Morgan fingerprint density at radius 3 is 0.692 bits per heavy atom. The Labute approximate surface area is 264 Å². The average molecular weight is 712 g/mol. The van der Waals surface area contributed by atoms with Crippen molar-refractivity contribution in [3.63, 3.8) is 0 Å². The summed E-state index contributed by atoms with van der Waals surface area (Å²) < 4.78 is 0. The van der Waals surface area contributed by atoms with Gasteiger partial charge < -0.3 is 24.8 Å². The van der Waals surface area contributed by atoms with E-state index in [1.165, 1.54) is 55.6 Å². The summed E-state index contributed by atoms with van der Waals surface area (Å²) in [6.07, 6.45) is 0. The third-order valence-electron chi connectivity index (χ3n) is 6.41. The Morgan fingerprint density at radius 1 is 0.333 bits per heavy atom. The third-order valence-corrected chi connectivity index (χ3v) is 6.41. The van der Waals surface area contributed by atoms with Gasteiger partial charge in [-0.2, -0.15) is 57.6 Å². The molecular formula is C36H30Cl2Hf. The van der Waals surface area contributed by atoms with Crippen LogP contribution in [0.4, 0.5) is 0 Å². The average Bonchev–Trinajstić information content (AvgIpc) is 3.54. The van der Waals surface area contributed by atoms with Crippen LogP contribution in [0, 0.1) is 13.8 Å². The van der Waals surface area contributed by atoms with E-state index in [2.05, 4.69) is 159 Å². The quantitative estimate of drug-likeness (QED) is 0.191. The zero-order valence-corrected chi connectivity index (χ0v) is 27.2. The van der Waals surface area contributed by atoms with E-state index in [1.807, 2.05) is 0 Å². The molecule has 0 heterocycles. The fourth-order valence-electron chi connectivity index (χ4n) is 4.73. The maximum absolute atomic E-state index is 2.26. The first kappa shape index (κ1) is 32.2. The van der Waals surface area contributed by atoms with Crippen molar-refractivity contribution in [2.24, 2.45) is 0 Å². The molecule has 0 saturated heterocycles. The standard InChI is InChI=1S/2C18H15.2ClH.Hf/c2*1-14-12-17(15-8-4-2-5-9-15)18(13-14)16-10-6-3-7-11-16;;;/h2*2-13H,1H3;2*1H;/q2*-1;;;+4/p-2. The minimum Gasteiger partial charge on any atom is -1.00 e. The van der Waals surface area contributed by atoms with Crippen LogP contribution < -0.4 is 24.8 Å². The zero-order chi connectivity index (χ0) is 24.7. The van der Waals surface area contributed by atoms with Crippen molar-refractivity contribution in [1.29, 1.82) is 0 Å². The SMILES string of the molecule is C[c-]1cc(-c2ccccc2)c(-c2ccccc2)c1.C[c-]1cc(-c2ccccc2)c(-c2ccccc2)c1.[Cl-].[Cl-].[Hf+4]. The molecule has 0 spiro atoms. The summed E-state index contributed by atoms with van der Waals surface area (Å²) >= 11 is 0. The predicted molar refractivity (Wildman–Crippen MR) is 155 cm³/mol. The molecule has 0 atom stereocenters. The Balaban J connectivity index is 0.000000254. The molecule has 6 aromatic rings. The Kier molecular flexibility index (Phi) is 12.9. The molecule has 3 heteroatoms. The smallest absolute Gasteiger partial charge is 1.00 e. The van der Waals surface area contributed by atoms with Crippen LogP contribution in [0.2, 0.25) is 0 Å². The molecule has 0 fully saturated rings. The summed E-state index contributed by atoms with van der Waals surface area (Å²) in [6.45, 7) is 4.30. The molecule has 39 heavy (non-hydrogen) atoms. The van der Waals surface area contributed by atoms with E-state index in [9.17, 15) is 0 Å². The number of hydrogen-bond donors (Lipinski definition) is 0. The molecule has 6 aromatic carbocycles. The van der Waals surface area contributed by atoms with Crippen LogP contribution in [0.3, 0.4) is 0 Å². The molecule has 0 unspecified atom stereocenters. The molecule has 0 aliphatic carbocycles. The number of benzene rings is 4. The van der Waals surface area contributed by atoms with Gasteiger partial charge in [0.25, 0.3) is 0 Å². The molecule has 0 bridgehead atoms. The van der Waals surface area contributed by atoms with E-state index in [0.717, 1.165) is 0 Å². The number of hydrogen-bond acceptors (Lipinski definition) is 0. The Morgan fingerprint density at radius 2 is 0.513 bits per heavy atom. The Bertz CT molecular complexity index is 1280. The first-order valence-electron chi connectivity index (χ1n) is 12.5. The van der Waals surface area contributed by atoms with Gasteiger partial charge in [0.15, 0.2) is 0 Å².